The van der Waals surface area contributed by atoms with Crippen LogP contribution in [0.15, 0.2) is 0 Å². The summed E-state index contributed by atoms with van der Waals surface area (Å²) in [6, 6.07) is 0.392. The zero-order valence-electron chi connectivity index (χ0n) is 15.6. The van der Waals surface area contributed by atoms with Crippen LogP contribution in [-0.2, 0) is 9.53 Å². The fourth-order valence-electron chi connectivity index (χ4n) is 3.38. The molecule has 0 aromatic rings. The predicted octanol–water partition coefficient (Wildman–Crippen LogP) is 5.23. The molecule has 1 atom stereocenters. The van der Waals surface area contributed by atoms with Gasteiger partial charge in [0, 0.05) is 25.2 Å². The Morgan fingerprint density at radius 3 is 2.00 bits per heavy atom. The highest BCUT2D eigenvalue weighted by atomic mass is 16.5. The van der Waals surface area contributed by atoms with Gasteiger partial charge >= 0.3 is 0 Å². The second-order valence-corrected chi connectivity index (χ2v) is 7.14. The fourth-order valence-corrected chi connectivity index (χ4v) is 3.38. The molecule has 1 N–H and O–H groups in total. The van der Waals surface area contributed by atoms with Gasteiger partial charge in [0.15, 0.2) is 0 Å². The predicted molar refractivity (Wildman–Crippen MR) is 97.6 cm³/mol. The molecule has 1 aliphatic heterocycles. The molecule has 23 heavy (non-hydrogen) atoms. The molecule has 1 heterocycles. The van der Waals surface area contributed by atoms with E-state index in [2.05, 4.69) is 19.2 Å². The molecule has 3 nitrogen and oxygen atoms in total. The minimum atomic E-state index is 0.182. The second-order valence-electron chi connectivity index (χ2n) is 7.14. The molecule has 1 unspecified atom stereocenters. The van der Waals surface area contributed by atoms with Crippen molar-refractivity contribution < 1.29 is 9.53 Å². The van der Waals surface area contributed by atoms with Crippen LogP contribution >= 0.6 is 0 Å². The Hall–Kier alpha value is -0.570. The number of hydrogen-bond donors (Lipinski definition) is 1. The third kappa shape index (κ3) is 10.0. The first-order valence-corrected chi connectivity index (χ1v) is 10.2. The number of amides is 1. The SMILES string of the molecule is CCCCCCCC(CCCCCC)NC(=O)C1CCOCC1. The zero-order valence-corrected chi connectivity index (χ0v) is 15.6. The molecule has 0 aromatic heterocycles. The average molecular weight is 326 g/mol. The maximum atomic E-state index is 12.5. The van der Waals surface area contributed by atoms with E-state index in [0.717, 1.165) is 38.9 Å². The monoisotopic (exact) mass is 325 g/mol. The summed E-state index contributed by atoms with van der Waals surface area (Å²) >= 11 is 0. The Morgan fingerprint density at radius 1 is 0.913 bits per heavy atom. The van der Waals surface area contributed by atoms with Gasteiger partial charge in [-0.25, -0.2) is 0 Å². The molecule has 3 heteroatoms. The smallest absolute Gasteiger partial charge is 0.223 e. The van der Waals surface area contributed by atoms with Crippen molar-refractivity contribution in [1.29, 1.82) is 0 Å². The van der Waals surface area contributed by atoms with E-state index in [4.69, 9.17) is 4.74 Å². The largest absolute Gasteiger partial charge is 0.381 e. The Labute approximate surface area is 143 Å². The van der Waals surface area contributed by atoms with E-state index in [1.54, 1.807) is 0 Å². The van der Waals surface area contributed by atoms with Gasteiger partial charge in [-0.05, 0) is 25.7 Å². The number of nitrogens with one attached hydrogen (secondary N) is 1. The van der Waals surface area contributed by atoms with Crippen LogP contribution < -0.4 is 5.32 Å². The number of ether oxygens (including phenoxy) is 1. The summed E-state index contributed by atoms with van der Waals surface area (Å²) in [5.74, 6) is 0.462. The van der Waals surface area contributed by atoms with Crippen molar-refractivity contribution in [2.24, 2.45) is 5.92 Å². The van der Waals surface area contributed by atoms with Gasteiger partial charge in [-0.15, -0.1) is 0 Å². The van der Waals surface area contributed by atoms with Gasteiger partial charge in [-0.3, -0.25) is 4.79 Å². The van der Waals surface area contributed by atoms with Crippen LogP contribution in [0, 0.1) is 5.92 Å². The van der Waals surface area contributed by atoms with Crippen molar-refractivity contribution in [3.8, 4) is 0 Å². The van der Waals surface area contributed by atoms with E-state index in [-0.39, 0.29) is 11.8 Å². The normalized spacial score (nSPS) is 17.1. The highest BCUT2D eigenvalue weighted by molar-refractivity contribution is 5.79. The molecule has 0 bridgehead atoms. The second kappa shape index (κ2) is 13.8. The minimum absolute atomic E-state index is 0.182. The van der Waals surface area contributed by atoms with E-state index in [0.29, 0.717) is 6.04 Å². The minimum Gasteiger partial charge on any atom is -0.381 e. The molecule has 1 saturated heterocycles. The molecule has 0 aliphatic carbocycles. The third-order valence-corrected chi connectivity index (χ3v) is 5.00. The Kier molecular flexibility index (Phi) is 12.3. The first-order chi connectivity index (χ1) is 11.3. The van der Waals surface area contributed by atoms with Crippen molar-refractivity contribution in [2.45, 2.75) is 103 Å². The topological polar surface area (TPSA) is 38.3 Å². The van der Waals surface area contributed by atoms with Crippen LogP contribution in [0.4, 0.5) is 0 Å². The van der Waals surface area contributed by atoms with Crippen LogP contribution in [0.5, 0.6) is 0 Å². The van der Waals surface area contributed by atoms with E-state index >= 15 is 0 Å². The number of carbonyl (C=O) groups is 1. The molecule has 136 valence electrons. The van der Waals surface area contributed by atoms with Gasteiger partial charge in [0.05, 0.1) is 0 Å². The average Bonchev–Trinajstić information content (AvgIpc) is 2.59. The molecule has 1 rings (SSSR count). The van der Waals surface area contributed by atoms with E-state index in [9.17, 15) is 4.79 Å². The summed E-state index contributed by atoms with van der Waals surface area (Å²) in [4.78, 5) is 12.5. The van der Waals surface area contributed by atoms with Crippen molar-refractivity contribution in [3.63, 3.8) is 0 Å². The molecular formula is C20H39NO2. The molecule has 0 saturated carbocycles. The highest BCUT2D eigenvalue weighted by Gasteiger charge is 2.23. The summed E-state index contributed by atoms with van der Waals surface area (Å²) < 4.78 is 5.37. The number of unbranched alkanes of at least 4 members (excludes halogenated alkanes) is 7. The summed E-state index contributed by atoms with van der Waals surface area (Å²) in [6.45, 7) is 6.00. The van der Waals surface area contributed by atoms with E-state index in [1.807, 2.05) is 0 Å². The first kappa shape index (κ1) is 20.5. The van der Waals surface area contributed by atoms with Gasteiger partial charge in [0.1, 0.15) is 0 Å². The lowest BCUT2D eigenvalue weighted by Crippen LogP contribution is -2.40. The molecule has 1 aliphatic rings. The zero-order chi connectivity index (χ0) is 16.8. The maximum absolute atomic E-state index is 12.5. The first-order valence-electron chi connectivity index (χ1n) is 10.2. The van der Waals surface area contributed by atoms with Crippen molar-refractivity contribution in [2.75, 3.05) is 13.2 Å². The van der Waals surface area contributed by atoms with Crippen LogP contribution in [0.2, 0.25) is 0 Å². The standard InChI is InChI=1S/C20H39NO2/c1-3-5-7-9-11-13-19(12-10-8-6-4-2)21-20(22)18-14-16-23-17-15-18/h18-19H,3-17H2,1-2H3,(H,21,22). The van der Waals surface area contributed by atoms with Crippen LogP contribution in [-0.4, -0.2) is 25.2 Å². The van der Waals surface area contributed by atoms with Crippen molar-refractivity contribution in [3.05, 3.63) is 0 Å². The number of carbonyl (C=O) groups excluding carboxylic acids is 1. The Balaban J connectivity index is 2.30. The van der Waals surface area contributed by atoms with Gasteiger partial charge in [-0.2, -0.15) is 0 Å². The van der Waals surface area contributed by atoms with Crippen molar-refractivity contribution >= 4 is 5.91 Å². The summed E-state index contributed by atoms with van der Waals surface area (Å²) in [6.07, 6.45) is 15.8. The van der Waals surface area contributed by atoms with Gasteiger partial charge in [0.2, 0.25) is 5.91 Å². The van der Waals surface area contributed by atoms with Crippen LogP contribution in [0.25, 0.3) is 0 Å². The fraction of sp³-hybridized carbons (Fsp3) is 0.950. The molecule has 1 fully saturated rings. The van der Waals surface area contributed by atoms with E-state index < -0.39 is 0 Å². The lowest BCUT2D eigenvalue weighted by atomic mass is 9.96. The van der Waals surface area contributed by atoms with Gasteiger partial charge in [0.25, 0.3) is 0 Å². The molecule has 0 spiro atoms. The summed E-state index contributed by atoms with van der Waals surface area (Å²) in [7, 11) is 0. The van der Waals surface area contributed by atoms with E-state index in [1.165, 1.54) is 57.8 Å². The molecule has 0 aromatic carbocycles. The lowest BCUT2D eigenvalue weighted by Gasteiger charge is -2.25. The summed E-state index contributed by atoms with van der Waals surface area (Å²) in [5.41, 5.74) is 0. The van der Waals surface area contributed by atoms with Crippen molar-refractivity contribution in [1.82, 2.24) is 5.32 Å². The molecule has 0 radical (unpaired) electrons. The maximum Gasteiger partial charge on any atom is 0.223 e. The Bertz CT molecular complexity index is 287. The lowest BCUT2D eigenvalue weighted by molar-refractivity contribution is -0.128. The highest BCUT2D eigenvalue weighted by Crippen LogP contribution is 2.17. The van der Waals surface area contributed by atoms with Gasteiger partial charge < -0.3 is 10.1 Å². The number of rotatable bonds is 13. The van der Waals surface area contributed by atoms with Crippen LogP contribution in [0.1, 0.15) is 97.3 Å². The summed E-state index contributed by atoms with van der Waals surface area (Å²) in [5, 5.41) is 3.36. The molecule has 1 amide bonds. The van der Waals surface area contributed by atoms with Gasteiger partial charge in [-0.1, -0.05) is 71.6 Å². The third-order valence-electron chi connectivity index (χ3n) is 5.00. The quantitative estimate of drug-likeness (QED) is 0.471. The number of hydrogen-bond acceptors (Lipinski definition) is 2. The molecular weight excluding hydrogens is 286 g/mol. The van der Waals surface area contributed by atoms with Crippen LogP contribution in [0.3, 0.4) is 0 Å². The Morgan fingerprint density at radius 2 is 1.43 bits per heavy atom.